The topological polar surface area (TPSA) is 195 Å². The van der Waals surface area contributed by atoms with Crippen molar-refractivity contribution in [1.82, 2.24) is 31.9 Å². The van der Waals surface area contributed by atoms with Gasteiger partial charge in [-0.15, -0.1) is 0 Å². The SMILES string of the molecule is CCC[C@H](NC(=O)[C@@H](NC(=O)CCCC(=O)O)[C@@H](C)CC)C(=O)N[C@H](CN[C@@H](C)C(=O)N[C@H](C(=O)NCC)C(C)C)CC(C)C. The van der Waals surface area contributed by atoms with Crippen LogP contribution in [0.4, 0.5) is 0 Å². The number of aliphatic carboxylic acids is 1. The molecule has 5 amide bonds. The predicted molar refractivity (Wildman–Crippen MR) is 174 cm³/mol. The van der Waals surface area contributed by atoms with Crippen LogP contribution in [0.3, 0.4) is 0 Å². The molecule has 260 valence electrons. The largest absolute Gasteiger partial charge is 0.481 e. The summed E-state index contributed by atoms with van der Waals surface area (Å²) in [6.07, 6.45) is 2.24. The molecule has 0 aliphatic carbocycles. The number of carboxylic acid groups (broad SMARTS) is 1. The first kappa shape index (κ1) is 41.8. The molecule has 0 saturated heterocycles. The Kier molecular flexibility index (Phi) is 20.7. The van der Waals surface area contributed by atoms with Gasteiger partial charge in [-0.05, 0) is 50.9 Å². The Morgan fingerprint density at radius 2 is 1.36 bits per heavy atom. The van der Waals surface area contributed by atoms with E-state index >= 15 is 0 Å². The zero-order valence-electron chi connectivity index (χ0n) is 28.9. The lowest BCUT2D eigenvalue weighted by atomic mass is 9.97. The zero-order chi connectivity index (χ0) is 34.7. The molecule has 0 fully saturated rings. The summed E-state index contributed by atoms with van der Waals surface area (Å²) < 4.78 is 0. The molecule has 0 unspecified atom stereocenters. The summed E-state index contributed by atoms with van der Waals surface area (Å²) in [5.41, 5.74) is 0. The van der Waals surface area contributed by atoms with Crippen LogP contribution < -0.4 is 31.9 Å². The molecule has 0 aliphatic heterocycles. The first-order chi connectivity index (χ1) is 21.1. The van der Waals surface area contributed by atoms with Crippen LogP contribution in [0.2, 0.25) is 0 Å². The molecule has 0 radical (unpaired) electrons. The van der Waals surface area contributed by atoms with Crippen molar-refractivity contribution in [3.8, 4) is 0 Å². The van der Waals surface area contributed by atoms with Crippen molar-refractivity contribution in [2.24, 2.45) is 17.8 Å². The molecule has 13 nitrogen and oxygen atoms in total. The van der Waals surface area contributed by atoms with Gasteiger partial charge >= 0.3 is 5.97 Å². The second-order valence-electron chi connectivity index (χ2n) is 12.6. The molecule has 6 atom stereocenters. The Labute approximate surface area is 269 Å². The molecule has 0 aromatic rings. The number of hydrogen-bond donors (Lipinski definition) is 7. The fraction of sp³-hybridized carbons (Fsp3) is 0.812. The monoisotopic (exact) mass is 640 g/mol. The minimum absolute atomic E-state index is 0.0181. The molecule has 45 heavy (non-hydrogen) atoms. The minimum atomic E-state index is -0.993. The van der Waals surface area contributed by atoms with Gasteiger partial charge in [0.05, 0.1) is 6.04 Å². The van der Waals surface area contributed by atoms with Gasteiger partial charge in [-0.1, -0.05) is 61.3 Å². The summed E-state index contributed by atoms with van der Waals surface area (Å²) in [7, 11) is 0. The summed E-state index contributed by atoms with van der Waals surface area (Å²) in [5, 5.41) is 26.2. The van der Waals surface area contributed by atoms with Crippen LogP contribution in [0, 0.1) is 17.8 Å². The van der Waals surface area contributed by atoms with Crippen LogP contribution in [0.15, 0.2) is 0 Å². The van der Waals surface area contributed by atoms with Crippen molar-refractivity contribution in [2.45, 2.75) is 137 Å². The van der Waals surface area contributed by atoms with Crippen molar-refractivity contribution in [2.75, 3.05) is 13.1 Å². The standard InChI is InChI=1S/C32H60N6O7/c1-10-14-24(36-32(45)28(21(8)11-2)37-25(39)15-13-16-26(40)41)30(43)35-23(17-19(4)5)18-34-22(9)29(42)38-27(20(6)7)31(44)33-12-3/h19-24,27-28,34H,10-18H2,1-9H3,(H,33,44)(H,35,43)(H,36,45)(H,37,39)(H,38,42)(H,40,41)/t21-,22-,23-,24-,27-,28-/m0/s1. The number of carbonyl (C=O) groups is 6. The molecule has 7 N–H and O–H groups in total. The van der Waals surface area contributed by atoms with E-state index < -0.39 is 42.0 Å². The predicted octanol–water partition coefficient (Wildman–Crippen LogP) is 1.84. The van der Waals surface area contributed by atoms with Crippen LogP contribution in [0.5, 0.6) is 0 Å². The van der Waals surface area contributed by atoms with Gasteiger partial charge in [-0.3, -0.25) is 28.8 Å². The summed E-state index contributed by atoms with van der Waals surface area (Å²) in [5.74, 6) is -2.89. The smallest absolute Gasteiger partial charge is 0.303 e. The van der Waals surface area contributed by atoms with Crippen molar-refractivity contribution in [3.05, 3.63) is 0 Å². The molecular weight excluding hydrogens is 580 g/mol. The number of carbonyl (C=O) groups excluding carboxylic acids is 5. The van der Waals surface area contributed by atoms with E-state index in [9.17, 15) is 28.8 Å². The average Bonchev–Trinajstić information content (AvgIpc) is 2.95. The maximum atomic E-state index is 13.5. The highest BCUT2D eigenvalue weighted by Gasteiger charge is 2.31. The molecule has 0 aromatic carbocycles. The number of hydrogen-bond acceptors (Lipinski definition) is 7. The van der Waals surface area contributed by atoms with Gasteiger partial charge in [-0.25, -0.2) is 0 Å². The van der Waals surface area contributed by atoms with Crippen LogP contribution in [0.1, 0.15) is 107 Å². The van der Waals surface area contributed by atoms with Crippen molar-refractivity contribution in [3.63, 3.8) is 0 Å². The van der Waals surface area contributed by atoms with E-state index in [1.54, 1.807) is 6.92 Å². The third-order valence-electron chi connectivity index (χ3n) is 7.58. The van der Waals surface area contributed by atoms with Crippen molar-refractivity contribution >= 4 is 35.5 Å². The number of likely N-dealkylation sites (N-methyl/N-ethyl adjacent to an activating group) is 1. The highest BCUT2D eigenvalue weighted by molar-refractivity contribution is 5.92. The van der Waals surface area contributed by atoms with Crippen LogP contribution in [0.25, 0.3) is 0 Å². The lowest BCUT2D eigenvalue weighted by Crippen LogP contribution is -2.58. The van der Waals surface area contributed by atoms with Crippen LogP contribution >= 0.6 is 0 Å². The first-order valence-corrected chi connectivity index (χ1v) is 16.5. The minimum Gasteiger partial charge on any atom is -0.481 e. The number of amides is 5. The lowest BCUT2D eigenvalue weighted by molar-refractivity contribution is -0.137. The fourth-order valence-corrected chi connectivity index (χ4v) is 4.74. The van der Waals surface area contributed by atoms with Crippen LogP contribution in [-0.2, 0) is 28.8 Å². The summed E-state index contributed by atoms with van der Waals surface area (Å²) in [6, 6.07) is -3.35. The van der Waals surface area contributed by atoms with Gasteiger partial charge in [0.1, 0.15) is 18.1 Å². The number of rotatable bonds is 23. The van der Waals surface area contributed by atoms with Gasteiger partial charge in [0.25, 0.3) is 0 Å². The van der Waals surface area contributed by atoms with E-state index in [4.69, 9.17) is 5.11 Å². The fourth-order valence-electron chi connectivity index (χ4n) is 4.74. The quantitative estimate of drug-likeness (QED) is 0.0879. The van der Waals surface area contributed by atoms with Crippen molar-refractivity contribution in [1.29, 1.82) is 0 Å². The summed E-state index contributed by atoms with van der Waals surface area (Å²) in [4.78, 5) is 75.4. The molecular formula is C32H60N6O7. The summed E-state index contributed by atoms with van der Waals surface area (Å²) >= 11 is 0. The molecule has 0 aromatic heterocycles. The van der Waals surface area contributed by atoms with E-state index in [2.05, 4.69) is 31.9 Å². The summed E-state index contributed by atoms with van der Waals surface area (Å²) in [6.45, 7) is 17.7. The van der Waals surface area contributed by atoms with Gasteiger partial charge in [-0.2, -0.15) is 0 Å². The third-order valence-corrected chi connectivity index (χ3v) is 7.58. The second kappa shape index (κ2) is 22.3. The van der Waals surface area contributed by atoms with Gasteiger partial charge in [0.15, 0.2) is 0 Å². The van der Waals surface area contributed by atoms with E-state index in [0.717, 1.165) is 0 Å². The van der Waals surface area contributed by atoms with E-state index in [1.807, 2.05) is 55.4 Å². The molecule has 0 aliphatic rings. The Hall–Kier alpha value is -3.22. The van der Waals surface area contributed by atoms with Crippen LogP contribution in [-0.4, -0.2) is 83.9 Å². The van der Waals surface area contributed by atoms with E-state index in [0.29, 0.717) is 38.8 Å². The number of carboxylic acids is 1. The second-order valence-corrected chi connectivity index (χ2v) is 12.6. The Morgan fingerprint density at radius 1 is 0.711 bits per heavy atom. The highest BCUT2D eigenvalue weighted by Crippen LogP contribution is 2.11. The van der Waals surface area contributed by atoms with E-state index in [-0.39, 0.29) is 60.8 Å². The Morgan fingerprint density at radius 3 is 1.87 bits per heavy atom. The highest BCUT2D eigenvalue weighted by atomic mass is 16.4. The molecule has 0 spiro atoms. The van der Waals surface area contributed by atoms with Gasteiger partial charge < -0.3 is 37.0 Å². The Balaban J connectivity index is 5.51. The third kappa shape index (κ3) is 17.2. The maximum Gasteiger partial charge on any atom is 0.303 e. The zero-order valence-corrected chi connectivity index (χ0v) is 28.9. The average molecular weight is 641 g/mol. The molecule has 0 rings (SSSR count). The van der Waals surface area contributed by atoms with Gasteiger partial charge in [0, 0.05) is 32.0 Å². The molecule has 0 saturated carbocycles. The molecule has 0 heterocycles. The van der Waals surface area contributed by atoms with E-state index in [1.165, 1.54) is 0 Å². The van der Waals surface area contributed by atoms with Gasteiger partial charge in [0.2, 0.25) is 29.5 Å². The lowest BCUT2D eigenvalue weighted by Gasteiger charge is -2.29. The molecule has 13 heteroatoms. The molecule has 0 bridgehead atoms. The first-order valence-electron chi connectivity index (χ1n) is 16.5. The Bertz CT molecular complexity index is 958. The maximum absolute atomic E-state index is 13.5. The van der Waals surface area contributed by atoms with Crippen molar-refractivity contribution < 1.29 is 33.9 Å². The normalized spacial score (nSPS) is 15.3. The number of nitrogens with one attached hydrogen (secondary N) is 6.